The van der Waals surface area contributed by atoms with Crippen molar-refractivity contribution in [1.82, 2.24) is 0 Å². The van der Waals surface area contributed by atoms with E-state index in [0.29, 0.717) is 23.7 Å². The second kappa shape index (κ2) is 8.88. The van der Waals surface area contributed by atoms with Gasteiger partial charge in [-0.1, -0.05) is 6.92 Å². The standard InChI is InChI=1S/C19H22O7S/c1-5-18(23-2)26-16-11-13(19(20)24-3)10-15(12-16)25-14-6-8-17(9-7-14)27(4,21)22/h6-12,18H,5H2,1-4H3. The third-order valence-electron chi connectivity index (χ3n) is 3.65. The molecule has 0 fully saturated rings. The lowest BCUT2D eigenvalue weighted by molar-refractivity contribution is -0.0549. The molecule has 0 N–H and O–H groups in total. The lowest BCUT2D eigenvalue weighted by Gasteiger charge is -2.17. The van der Waals surface area contributed by atoms with Crippen LogP contribution in [0.4, 0.5) is 0 Å². The summed E-state index contributed by atoms with van der Waals surface area (Å²) in [5.74, 6) is 0.595. The van der Waals surface area contributed by atoms with Gasteiger partial charge in [-0.3, -0.25) is 0 Å². The first-order chi connectivity index (χ1) is 12.8. The molecule has 0 aromatic heterocycles. The molecule has 2 aromatic carbocycles. The molecule has 0 heterocycles. The van der Waals surface area contributed by atoms with E-state index < -0.39 is 22.1 Å². The van der Waals surface area contributed by atoms with Gasteiger partial charge in [0.15, 0.2) is 16.1 Å². The zero-order chi connectivity index (χ0) is 20.0. The summed E-state index contributed by atoms with van der Waals surface area (Å²) in [4.78, 5) is 12.1. The van der Waals surface area contributed by atoms with Crippen molar-refractivity contribution >= 4 is 15.8 Å². The van der Waals surface area contributed by atoms with Crippen molar-refractivity contribution in [1.29, 1.82) is 0 Å². The molecule has 0 bridgehead atoms. The number of benzene rings is 2. The summed E-state index contributed by atoms with van der Waals surface area (Å²) in [6, 6.07) is 10.6. The van der Waals surface area contributed by atoms with Gasteiger partial charge in [0.05, 0.1) is 17.6 Å². The number of ether oxygens (including phenoxy) is 4. The van der Waals surface area contributed by atoms with Gasteiger partial charge < -0.3 is 18.9 Å². The van der Waals surface area contributed by atoms with E-state index in [1.54, 1.807) is 6.07 Å². The number of carbonyl (C=O) groups is 1. The highest BCUT2D eigenvalue weighted by atomic mass is 32.2. The predicted octanol–water partition coefficient (Wildman–Crippen LogP) is 3.43. The van der Waals surface area contributed by atoms with Crippen molar-refractivity contribution in [3.05, 3.63) is 48.0 Å². The largest absolute Gasteiger partial charge is 0.465 e. The van der Waals surface area contributed by atoms with E-state index in [2.05, 4.69) is 0 Å². The highest BCUT2D eigenvalue weighted by Crippen LogP contribution is 2.29. The third-order valence-corrected chi connectivity index (χ3v) is 4.78. The molecule has 0 saturated heterocycles. The Kier molecular flexibility index (Phi) is 6.81. The molecule has 0 spiro atoms. The molecule has 0 amide bonds. The number of rotatable bonds is 8. The molecular formula is C19H22O7S. The zero-order valence-corrected chi connectivity index (χ0v) is 16.4. The number of sulfone groups is 1. The van der Waals surface area contributed by atoms with Gasteiger partial charge in [-0.05, 0) is 36.4 Å². The number of methoxy groups -OCH3 is 2. The van der Waals surface area contributed by atoms with E-state index in [9.17, 15) is 13.2 Å². The summed E-state index contributed by atoms with van der Waals surface area (Å²) in [6.45, 7) is 1.90. The highest BCUT2D eigenvalue weighted by molar-refractivity contribution is 7.90. The Hall–Kier alpha value is -2.58. The van der Waals surface area contributed by atoms with E-state index in [1.807, 2.05) is 6.92 Å². The van der Waals surface area contributed by atoms with Gasteiger partial charge in [0, 0.05) is 25.9 Å². The topological polar surface area (TPSA) is 88.1 Å². The highest BCUT2D eigenvalue weighted by Gasteiger charge is 2.14. The van der Waals surface area contributed by atoms with Crippen LogP contribution >= 0.6 is 0 Å². The van der Waals surface area contributed by atoms with Crippen LogP contribution in [0.25, 0.3) is 0 Å². The molecule has 1 atom stereocenters. The summed E-state index contributed by atoms with van der Waals surface area (Å²) in [5, 5.41) is 0. The molecule has 0 aliphatic carbocycles. The Morgan fingerprint density at radius 1 is 1.00 bits per heavy atom. The SMILES string of the molecule is CCC(OC)Oc1cc(Oc2ccc(S(C)(=O)=O)cc2)cc(C(=O)OC)c1. The smallest absolute Gasteiger partial charge is 0.338 e. The van der Waals surface area contributed by atoms with E-state index in [-0.39, 0.29) is 10.5 Å². The second-order valence-electron chi connectivity index (χ2n) is 5.72. The van der Waals surface area contributed by atoms with Crippen LogP contribution in [0.2, 0.25) is 0 Å². The van der Waals surface area contributed by atoms with Crippen LogP contribution in [0.5, 0.6) is 17.2 Å². The van der Waals surface area contributed by atoms with Crippen LogP contribution in [-0.2, 0) is 19.3 Å². The zero-order valence-electron chi connectivity index (χ0n) is 15.6. The number of hydrogen-bond acceptors (Lipinski definition) is 7. The maximum atomic E-state index is 11.9. The molecule has 2 rings (SSSR count). The van der Waals surface area contributed by atoms with Crippen molar-refractivity contribution < 1.29 is 32.2 Å². The van der Waals surface area contributed by atoms with Crippen LogP contribution in [0.15, 0.2) is 47.4 Å². The van der Waals surface area contributed by atoms with E-state index in [1.165, 1.54) is 50.6 Å². The first-order valence-corrected chi connectivity index (χ1v) is 10.1. The summed E-state index contributed by atoms with van der Waals surface area (Å²) in [7, 11) is -0.482. The minimum absolute atomic E-state index is 0.188. The molecule has 7 nitrogen and oxygen atoms in total. The Bertz CT molecular complexity index is 885. The fourth-order valence-corrected chi connectivity index (χ4v) is 2.91. The average molecular weight is 394 g/mol. The molecule has 27 heavy (non-hydrogen) atoms. The molecule has 0 aliphatic heterocycles. The Balaban J connectivity index is 2.32. The molecule has 2 aromatic rings. The Morgan fingerprint density at radius 3 is 2.15 bits per heavy atom. The Labute approximate surface area is 158 Å². The van der Waals surface area contributed by atoms with Crippen LogP contribution in [0.3, 0.4) is 0 Å². The number of carbonyl (C=O) groups excluding carboxylic acids is 1. The van der Waals surface area contributed by atoms with Crippen LogP contribution in [0.1, 0.15) is 23.7 Å². The Morgan fingerprint density at radius 2 is 1.63 bits per heavy atom. The van der Waals surface area contributed by atoms with E-state index >= 15 is 0 Å². The van der Waals surface area contributed by atoms with Gasteiger partial charge in [-0.2, -0.15) is 0 Å². The average Bonchev–Trinajstić information content (AvgIpc) is 2.65. The van der Waals surface area contributed by atoms with Crippen molar-refractivity contribution in [2.75, 3.05) is 20.5 Å². The molecular weight excluding hydrogens is 372 g/mol. The molecule has 0 saturated carbocycles. The molecule has 146 valence electrons. The molecule has 0 aliphatic rings. The van der Waals surface area contributed by atoms with Crippen LogP contribution < -0.4 is 9.47 Å². The van der Waals surface area contributed by atoms with Crippen molar-refractivity contribution in [3.8, 4) is 17.2 Å². The van der Waals surface area contributed by atoms with E-state index in [0.717, 1.165) is 6.26 Å². The summed E-state index contributed by atoms with van der Waals surface area (Å²) >= 11 is 0. The minimum Gasteiger partial charge on any atom is -0.465 e. The van der Waals surface area contributed by atoms with Gasteiger partial charge in [-0.25, -0.2) is 13.2 Å². The molecule has 1 unspecified atom stereocenters. The third kappa shape index (κ3) is 5.70. The minimum atomic E-state index is -3.29. The molecule has 0 radical (unpaired) electrons. The van der Waals surface area contributed by atoms with Gasteiger partial charge in [-0.15, -0.1) is 0 Å². The second-order valence-corrected chi connectivity index (χ2v) is 7.74. The normalized spacial score (nSPS) is 12.3. The summed E-state index contributed by atoms with van der Waals surface area (Å²) in [5.41, 5.74) is 0.253. The lowest BCUT2D eigenvalue weighted by atomic mass is 10.2. The van der Waals surface area contributed by atoms with E-state index in [4.69, 9.17) is 18.9 Å². The first kappa shape index (κ1) is 20.7. The molecule has 8 heteroatoms. The fraction of sp³-hybridized carbons (Fsp3) is 0.316. The van der Waals surface area contributed by atoms with Gasteiger partial charge in [0.1, 0.15) is 17.2 Å². The quantitative estimate of drug-likeness (QED) is 0.501. The van der Waals surface area contributed by atoms with Crippen LogP contribution in [-0.4, -0.2) is 41.2 Å². The predicted molar refractivity (Wildman–Crippen MR) is 99.1 cm³/mol. The van der Waals surface area contributed by atoms with Gasteiger partial charge >= 0.3 is 5.97 Å². The lowest BCUT2D eigenvalue weighted by Crippen LogP contribution is -2.17. The fourth-order valence-electron chi connectivity index (χ4n) is 2.28. The van der Waals surface area contributed by atoms with Crippen molar-refractivity contribution in [3.63, 3.8) is 0 Å². The van der Waals surface area contributed by atoms with Crippen LogP contribution in [0, 0.1) is 0 Å². The van der Waals surface area contributed by atoms with Crippen molar-refractivity contribution in [2.45, 2.75) is 24.5 Å². The number of hydrogen-bond donors (Lipinski definition) is 0. The summed E-state index contributed by atoms with van der Waals surface area (Å²) in [6.07, 6.45) is 1.27. The summed E-state index contributed by atoms with van der Waals surface area (Å²) < 4.78 is 44.5. The van der Waals surface area contributed by atoms with Gasteiger partial charge in [0.2, 0.25) is 0 Å². The monoisotopic (exact) mass is 394 g/mol. The maximum absolute atomic E-state index is 11.9. The van der Waals surface area contributed by atoms with Gasteiger partial charge in [0.25, 0.3) is 0 Å². The number of esters is 1. The first-order valence-electron chi connectivity index (χ1n) is 8.17. The maximum Gasteiger partial charge on any atom is 0.338 e. The van der Waals surface area contributed by atoms with Crippen molar-refractivity contribution in [2.24, 2.45) is 0 Å².